The quantitative estimate of drug-likeness (QED) is 0.492. The lowest BCUT2D eigenvalue weighted by atomic mass is 9.96. The Morgan fingerprint density at radius 2 is 2.36 bits per heavy atom. The summed E-state index contributed by atoms with van der Waals surface area (Å²) >= 11 is 0. The molecule has 0 heteroatoms. The number of hydrogen-bond donors (Lipinski definition) is 0. The van der Waals surface area contributed by atoms with E-state index in [0.717, 1.165) is 5.92 Å². The Morgan fingerprint density at radius 3 is 3.09 bits per heavy atom. The molecule has 0 N–H and O–H groups in total. The van der Waals surface area contributed by atoms with Gasteiger partial charge in [-0.1, -0.05) is 31.2 Å². The molecule has 0 aromatic rings. The molecule has 2 rings (SSSR count). The first kappa shape index (κ1) is 6.90. The van der Waals surface area contributed by atoms with Gasteiger partial charge in [0.1, 0.15) is 0 Å². The molecular formula is C11H14. The summed E-state index contributed by atoms with van der Waals surface area (Å²) in [6, 6.07) is 0. The SMILES string of the molecule is C=C1CC(C)C2=C1CCC=C2. The minimum atomic E-state index is 0.731. The van der Waals surface area contributed by atoms with Crippen molar-refractivity contribution in [3.63, 3.8) is 0 Å². The van der Waals surface area contributed by atoms with Crippen LogP contribution in [0.4, 0.5) is 0 Å². The van der Waals surface area contributed by atoms with Crippen molar-refractivity contribution in [1.82, 2.24) is 0 Å². The molecule has 0 fully saturated rings. The van der Waals surface area contributed by atoms with Gasteiger partial charge in [0.2, 0.25) is 0 Å². The van der Waals surface area contributed by atoms with Gasteiger partial charge in [0, 0.05) is 0 Å². The van der Waals surface area contributed by atoms with Gasteiger partial charge in [-0.15, -0.1) is 0 Å². The van der Waals surface area contributed by atoms with E-state index in [1.165, 1.54) is 24.8 Å². The third kappa shape index (κ3) is 0.973. The predicted molar refractivity (Wildman–Crippen MR) is 48.3 cm³/mol. The van der Waals surface area contributed by atoms with Gasteiger partial charge in [0.15, 0.2) is 0 Å². The van der Waals surface area contributed by atoms with Gasteiger partial charge in [0.25, 0.3) is 0 Å². The molecule has 0 saturated carbocycles. The van der Waals surface area contributed by atoms with Crippen LogP contribution in [0, 0.1) is 5.92 Å². The van der Waals surface area contributed by atoms with Crippen molar-refractivity contribution in [2.75, 3.05) is 0 Å². The number of hydrogen-bond acceptors (Lipinski definition) is 0. The molecule has 11 heavy (non-hydrogen) atoms. The van der Waals surface area contributed by atoms with Crippen LogP contribution in [0.25, 0.3) is 0 Å². The first-order chi connectivity index (χ1) is 5.29. The molecule has 0 nitrogen and oxygen atoms in total. The zero-order chi connectivity index (χ0) is 7.84. The molecule has 0 aliphatic heterocycles. The Morgan fingerprint density at radius 1 is 1.55 bits per heavy atom. The van der Waals surface area contributed by atoms with Gasteiger partial charge >= 0.3 is 0 Å². The molecule has 0 bridgehead atoms. The summed E-state index contributed by atoms with van der Waals surface area (Å²) in [5.41, 5.74) is 4.50. The summed E-state index contributed by atoms with van der Waals surface area (Å²) in [4.78, 5) is 0. The monoisotopic (exact) mass is 146 g/mol. The van der Waals surface area contributed by atoms with Crippen molar-refractivity contribution in [2.45, 2.75) is 26.2 Å². The fourth-order valence-corrected chi connectivity index (χ4v) is 2.13. The van der Waals surface area contributed by atoms with E-state index in [1.54, 1.807) is 11.1 Å². The van der Waals surface area contributed by atoms with Crippen LogP contribution < -0.4 is 0 Å². The van der Waals surface area contributed by atoms with Gasteiger partial charge in [-0.05, 0) is 36.3 Å². The highest BCUT2D eigenvalue weighted by Crippen LogP contribution is 2.40. The van der Waals surface area contributed by atoms with E-state index in [0.29, 0.717) is 0 Å². The molecule has 1 atom stereocenters. The molecular weight excluding hydrogens is 132 g/mol. The highest BCUT2D eigenvalue weighted by atomic mass is 14.3. The maximum absolute atomic E-state index is 4.10. The van der Waals surface area contributed by atoms with E-state index in [9.17, 15) is 0 Å². The first-order valence-electron chi connectivity index (χ1n) is 4.37. The zero-order valence-corrected chi connectivity index (χ0v) is 7.06. The molecule has 0 aromatic carbocycles. The van der Waals surface area contributed by atoms with E-state index < -0.39 is 0 Å². The highest BCUT2D eigenvalue weighted by molar-refractivity contribution is 5.47. The van der Waals surface area contributed by atoms with Crippen LogP contribution in [0.1, 0.15) is 26.2 Å². The fraction of sp³-hybridized carbons (Fsp3) is 0.455. The lowest BCUT2D eigenvalue weighted by Crippen LogP contribution is -1.93. The lowest BCUT2D eigenvalue weighted by Gasteiger charge is -2.09. The molecule has 58 valence electrons. The maximum atomic E-state index is 4.10. The second-order valence-corrected chi connectivity index (χ2v) is 3.58. The van der Waals surface area contributed by atoms with Crippen molar-refractivity contribution in [2.24, 2.45) is 5.92 Å². The molecule has 0 saturated heterocycles. The first-order valence-corrected chi connectivity index (χ1v) is 4.37. The third-order valence-corrected chi connectivity index (χ3v) is 2.72. The van der Waals surface area contributed by atoms with Gasteiger partial charge < -0.3 is 0 Å². The molecule has 0 aromatic heterocycles. The maximum Gasteiger partial charge on any atom is -0.0147 e. The van der Waals surface area contributed by atoms with E-state index >= 15 is 0 Å². The van der Waals surface area contributed by atoms with Gasteiger partial charge in [-0.3, -0.25) is 0 Å². The Labute approximate surface area is 68.3 Å². The van der Waals surface area contributed by atoms with Crippen LogP contribution >= 0.6 is 0 Å². The minimum absolute atomic E-state index is 0.731. The topological polar surface area (TPSA) is 0 Å². The molecule has 1 unspecified atom stereocenters. The van der Waals surface area contributed by atoms with Gasteiger partial charge in [-0.25, -0.2) is 0 Å². The van der Waals surface area contributed by atoms with Gasteiger partial charge in [-0.2, -0.15) is 0 Å². The minimum Gasteiger partial charge on any atom is -0.0955 e. The van der Waals surface area contributed by atoms with Crippen LogP contribution in [-0.2, 0) is 0 Å². The van der Waals surface area contributed by atoms with E-state index in [-0.39, 0.29) is 0 Å². The average molecular weight is 146 g/mol. The summed E-state index contributed by atoms with van der Waals surface area (Å²) in [7, 11) is 0. The fourth-order valence-electron chi connectivity index (χ4n) is 2.13. The Bertz CT molecular complexity index is 253. The van der Waals surface area contributed by atoms with Crippen LogP contribution in [0.3, 0.4) is 0 Å². The average Bonchev–Trinajstić information content (AvgIpc) is 2.30. The van der Waals surface area contributed by atoms with Crippen molar-refractivity contribution in [3.05, 3.63) is 35.5 Å². The predicted octanol–water partition coefficient (Wildman–Crippen LogP) is 3.23. The molecule has 0 amide bonds. The van der Waals surface area contributed by atoms with E-state index in [2.05, 4.69) is 25.7 Å². The normalized spacial score (nSPS) is 29.5. The lowest BCUT2D eigenvalue weighted by molar-refractivity contribution is 0.730. The number of allylic oxidation sites excluding steroid dienone is 5. The summed E-state index contributed by atoms with van der Waals surface area (Å²) in [6.07, 6.45) is 8.21. The molecule has 0 radical (unpaired) electrons. The summed E-state index contributed by atoms with van der Waals surface area (Å²) in [5, 5.41) is 0. The Kier molecular flexibility index (Phi) is 1.49. The van der Waals surface area contributed by atoms with E-state index in [1.807, 2.05) is 0 Å². The summed E-state index contributed by atoms with van der Waals surface area (Å²) in [5.74, 6) is 0.731. The number of rotatable bonds is 0. The third-order valence-electron chi connectivity index (χ3n) is 2.72. The molecule has 0 spiro atoms. The highest BCUT2D eigenvalue weighted by Gasteiger charge is 2.23. The van der Waals surface area contributed by atoms with Crippen molar-refractivity contribution < 1.29 is 0 Å². The largest absolute Gasteiger partial charge is 0.0955 e. The van der Waals surface area contributed by atoms with Crippen molar-refractivity contribution in [3.8, 4) is 0 Å². The van der Waals surface area contributed by atoms with Crippen molar-refractivity contribution in [1.29, 1.82) is 0 Å². The van der Waals surface area contributed by atoms with Crippen LogP contribution in [-0.4, -0.2) is 0 Å². The van der Waals surface area contributed by atoms with Crippen LogP contribution in [0.2, 0.25) is 0 Å². The molecule has 2 aliphatic carbocycles. The molecule has 0 heterocycles. The van der Waals surface area contributed by atoms with Crippen LogP contribution in [0.15, 0.2) is 35.5 Å². The van der Waals surface area contributed by atoms with Crippen molar-refractivity contribution >= 4 is 0 Å². The molecule has 2 aliphatic rings. The summed E-state index contributed by atoms with van der Waals surface area (Å²) < 4.78 is 0. The second kappa shape index (κ2) is 2.37. The van der Waals surface area contributed by atoms with Crippen LogP contribution in [0.5, 0.6) is 0 Å². The standard InChI is InChI=1S/C11H14/c1-8-7-9(2)11-6-4-3-5-10(8)11/h4,6,9H,1,3,5,7H2,2H3. The zero-order valence-electron chi connectivity index (χ0n) is 7.06. The van der Waals surface area contributed by atoms with E-state index in [4.69, 9.17) is 0 Å². The Hall–Kier alpha value is -0.780. The second-order valence-electron chi connectivity index (χ2n) is 3.58. The van der Waals surface area contributed by atoms with Gasteiger partial charge in [0.05, 0.1) is 0 Å². The smallest absolute Gasteiger partial charge is 0.0147 e. The summed E-state index contributed by atoms with van der Waals surface area (Å²) in [6.45, 7) is 6.39. The Balaban J connectivity index is 2.41.